The molecule has 0 aromatic heterocycles. The molecule has 1 amide bonds. The fraction of sp³-hybridized carbons (Fsp3) is 0.562. The van der Waals surface area contributed by atoms with Crippen LogP contribution in [-0.2, 0) is 4.74 Å². The average Bonchev–Trinajstić information content (AvgIpc) is 2.41. The lowest BCUT2D eigenvalue weighted by Crippen LogP contribution is -2.29. The highest BCUT2D eigenvalue weighted by Crippen LogP contribution is 2.36. The SMILES string of the molecule is COC(=O)Nc1cccc(NC2CCC(C)(C)CC2)c1. The van der Waals surface area contributed by atoms with Crippen molar-refractivity contribution in [3.63, 3.8) is 0 Å². The van der Waals surface area contributed by atoms with Crippen LogP contribution in [0.3, 0.4) is 0 Å². The number of nitrogens with one attached hydrogen (secondary N) is 2. The van der Waals surface area contributed by atoms with E-state index in [1.165, 1.54) is 32.8 Å². The van der Waals surface area contributed by atoms with E-state index in [2.05, 4.69) is 29.2 Å². The van der Waals surface area contributed by atoms with E-state index in [0.717, 1.165) is 11.4 Å². The summed E-state index contributed by atoms with van der Waals surface area (Å²) in [5, 5.41) is 6.24. The van der Waals surface area contributed by atoms with E-state index in [9.17, 15) is 4.79 Å². The van der Waals surface area contributed by atoms with Gasteiger partial charge in [0.1, 0.15) is 0 Å². The maximum atomic E-state index is 11.2. The Hall–Kier alpha value is -1.71. The van der Waals surface area contributed by atoms with Crippen molar-refractivity contribution in [2.75, 3.05) is 17.7 Å². The molecule has 4 nitrogen and oxygen atoms in total. The number of rotatable bonds is 3. The first kappa shape index (κ1) is 14.7. The van der Waals surface area contributed by atoms with Crippen LogP contribution in [0.15, 0.2) is 24.3 Å². The highest BCUT2D eigenvalue weighted by molar-refractivity contribution is 5.85. The first-order valence-corrected chi connectivity index (χ1v) is 7.20. The van der Waals surface area contributed by atoms with Gasteiger partial charge < -0.3 is 10.1 Å². The molecule has 2 rings (SSSR count). The number of hydrogen-bond acceptors (Lipinski definition) is 3. The van der Waals surface area contributed by atoms with Gasteiger partial charge in [-0.25, -0.2) is 4.79 Å². The van der Waals surface area contributed by atoms with Gasteiger partial charge >= 0.3 is 6.09 Å². The van der Waals surface area contributed by atoms with E-state index in [-0.39, 0.29) is 0 Å². The van der Waals surface area contributed by atoms with Crippen molar-refractivity contribution >= 4 is 17.5 Å². The Bertz CT molecular complexity index is 461. The number of benzene rings is 1. The third kappa shape index (κ3) is 4.15. The zero-order chi connectivity index (χ0) is 14.6. The summed E-state index contributed by atoms with van der Waals surface area (Å²) in [6.45, 7) is 4.67. The van der Waals surface area contributed by atoms with Crippen LogP contribution in [0.5, 0.6) is 0 Å². The minimum absolute atomic E-state index is 0.443. The van der Waals surface area contributed by atoms with E-state index >= 15 is 0 Å². The number of amides is 1. The second-order valence-electron chi connectivity index (χ2n) is 6.28. The minimum atomic E-state index is -0.443. The smallest absolute Gasteiger partial charge is 0.411 e. The molecule has 0 radical (unpaired) electrons. The van der Waals surface area contributed by atoms with Crippen LogP contribution in [0, 0.1) is 5.41 Å². The number of anilines is 2. The monoisotopic (exact) mass is 276 g/mol. The average molecular weight is 276 g/mol. The van der Waals surface area contributed by atoms with Gasteiger partial charge in [-0.05, 0) is 49.3 Å². The first-order chi connectivity index (χ1) is 9.48. The molecule has 1 aromatic rings. The van der Waals surface area contributed by atoms with Crippen LogP contribution in [0.2, 0.25) is 0 Å². The Morgan fingerprint density at radius 2 is 1.90 bits per heavy atom. The largest absolute Gasteiger partial charge is 0.453 e. The number of hydrogen-bond donors (Lipinski definition) is 2. The second kappa shape index (κ2) is 6.16. The van der Waals surface area contributed by atoms with E-state index in [4.69, 9.17) is 0 Å². The number of carbonyl (C=O) groups excluding carboxylic acids is 1. The summed E-state index contributed by atoms with van der Waals surface area (Å²) in [5.74, 6) is 0. The highest BCUT2D eigenvalue weighted by Gasteiger charge is 2.26. The van der Waals surface area contributed by atoms with E-state index in [1.54, 1.807) is 0 Å². The van der Waals surface area contributed by atoms with Gasteiger partial charge in [-0.2, -0.15) is 0 Å². The lowest BCUT2D eigenvalue weighted by atomic mass is 9.75. The number of methoxy groups -OCH3 is 1. The fourth-order valence-corrected chi connectivity index (χ4v) is 2.63. The quantitative estimate of drug-likeness (QED) is 0.868. The summed E-state index contributed by atoms with van der Waals surface area (Å²) >= 11 is 0. The molecule has 0 bridgehead atoms. The van der Waals surface area contributed by atoms with E-state index < -0.39 is 6.09 Å². The van der Waals surface area contributed by atoms with Crippen molar-refractivity contribution in [3.05, 3.63) is 24.3 Å². The van der Waals surface area contributed by atoms with Gasteiger partial charge in [0.2, 0.25) is 0 Å². The Balaban J connectivity index is 1.93. The molecule has 1 aliphatic carbocycles. The van der Waals surface area contributed by atoms with Crippen molar-refractivity contribution in [2.24, 2.45) is 5.41 Å². The Labute approximate surface area is 120 Å². The van der Waals surface area contributed by atoms with Gasteiger partial charge in [-0.3, -0.25) is 5.32 Å². The molecule has 1 fully saturated rings. The Kier molecular flexibility index (Phi) is 4.53. The molecule has 0 atom stereocenters. The van der Waals surface area contributed by atoms with Crippen molar-refractivity contribution in [1.82, 2.24) is 0 Å². The molecule has 1 aromatic carbocycles. The van der Waals surface area contributed by atoms with Crippen molar-refractivity contribution in [1.29, 1.82) is 0 Å². The summed E-state index contributed by atoms with van der Waals surface area (Å²) in [5.41, 5.74) is 2.27. The number of ether oxygens (including phenoxy) is 1. The van der Waals surface area contributed by atoms with Crippen molar-refractivity contribution in [3.8, 4) is 0 Å². The zero-order valence-electron chi connectivity index (χ0n) is 12.5. The summed E-state index contributed by atoms with van der Waals surface area (Å²) in [6.07, 6.45) is 4.46. The molecule has 2 N–H and O–H groups in total. The normalized spacial score (nSPS) is 18.4. The number of carbonyl (C=O) groups is 1. The first-order valence-electron chi connectivity index (χ1n) is 7.20. The molecule has 0 heterocycles. The molecular formula is C16H24N2O2. The molecular weight excluding hydrogens is 252 g/mol. The van der Waals surface area contributed by atoms with Crippen LogP contribution < -0.4 is 10.6 Å². The molecule has 20 heavy (non-hydrogen) atoms. The topological polar surface area (TPSA) is 50.4 Å². The minimum Gasteiger partial charge on any atom is -0.453 e. The molecule has 1 aliphatic rings. The molecule has 0 spiro atoms. The third-order valence-corrected chi connectivity index (χ3v) is 4.00. The van der Waals surface area contributed by atoms with Crippen LogP contribution in [-0.4, -0.2) is 19.2 Å². The van der Waals surface area contributed by atoms with Gasteiger partial charge in [0, 0.05) is 17.4 Å². The van der Waals surface area contributed by atoms with Gasteiger partial charge in [0.15, 0.2) is 0 Å². The highest BCUT2D eigenvalue weighted by atomic mass is 16.5. The van der Waals surface area contributed by atoms with Gasteiger partial charge in [-0.15, -0.1) is 0 Å². The molecule has 0 aliphatic heterocycles. The maximum Gasteiger partial charge on any atom is 0.411 e. The summed E-state index contributed by atoms with van der Waals surface area (Å²) in [4.78, 5) is 11.2. The summed E-state index contributed by atoms with van der Waals surface area (Å²) < 4.78 is 4.60. The van der Waals surface area contributed by atoms with Gasteiger partial charge in [-0.1, -0.05) is 19.9 Å². The summed E-state index contributed by atoms with van der Waals surface area (Å²) in [6, 6.07) is 8.28. The van der Waals surface area contributed by atoms with Gasteiger partial charge in [0.25, 0.3) is 0 Å². The van der Waals surface area contributed by atoms with E-state index in [1.807, 2.05) is 24.3 Å². The Morgan fingerprint density at radius 3 is 2.55 bits per heavy atom. The zero-order valence-corrected chi connectivity index (χ0v) is 12.5. The third-order valence-electron chi connectivity index (χ3n) is 4.00. The molecule has 4 heteroatoms. The predicted molar refractivity (Wildman–Crippen MR) is 82.1 cm³/mol. The predicted octanol–water partition coefficient (Wildman–Crippen LogP) is 4.25. The van der Waals surface area contributed by atoms with Crippen LogP contribution in [0.25, 0.3) is 0 Å². The van der Waals surface area contributed by atoms with E-state index in [0.29, 0.717) is 11.5 Å². The molecule has 110 valence electrons. The lowest BCUT2D eigenvalue weighted by molar-refractivity contribution is 0.187. The Morgan fingerprint density at radius 1 is 1.25 bits per heavy atom. The lowest BCUT2D eigenvalue weighted by Gasteiger charge is -2.35. The van der Waals surface area contributed by atoms with Gasteiger partial charge in [0.05, 0.1) is 7.11 Å². The van der Waals surface area contributed by atoms with Crippen molar-refractivity contribution in [2.45, 2.75) is 45.6 Å². The van der Waals surface area contributed by atoms with Crippen LogP contribution >= 0.6 is 0 Å². The standard InChI is InChI=1S/C16H24N2O2/c1-16(2)9-7-12(8-10-16)17-13-5-4-6-14(11-13)18-15(19)20-3/h4-6,11-12,17H,7-10H2,1-3H3,(H,18,19). The summed E-state index contributed by atoms with van der Waals surface area (Å²) in [7, 11) is 1.36. The fourth-order valence-electron chi connectivity index (χ4n) is 2.63. The maximum absolute atomic E-state index is 11.2. The van der Waals surface area contributed by atoms with Crippen molar-refractivity contribution < 1.29 is 9.53 Å². The second-order valence-corrected chi connectivity index (χ2v) is 6.28. The van der Waals surface area contributed by atoms with Crippen LogP contribution in [0.4, 0.5) is 16.2 Å². The molecule has 0 unspecified atom stereocenters. The molecule has 1 saturated carbocycles. The van der Waals surface area contributed by atoms with Crippen LogP contribution in [0.1, 0.15) is 39.5 Å². The molecule has 0 saturated heterocycles.